The molecular formula is C22H29NO5S. The van der Waals surface area contributed by atoms with Gasteiger partial charge in [0.2, 0.25) is 5.89 Å². The number of oxazole rings is 1. The number of sulfone groups is 1. The number of aryl methyl sites for hydroxylation is 1. The second kappa shape index (κ2) is 9.11. The van der Waals surface area contributed by atoms with E-state index in [1.807, 2.05) is 0 Å². The minimum atomic E-state index is -3.60. The van der Waals surface area contributed by atoms with Crippen LogP contribution < -0.4 is 4.74 Å². The summed E-state index contributed by atoms with van der Waals surface area (Å²) >= 11 is 0. The lowest BCUT2D eigenvalue weighted by Gasteiger charge is -2.28. The van der Waals surface area contributed by atoms with E-state index in [9.17, 15) is 13.2 Å². The van der Waals surface area contributed by atoms with Crippen LogP contribution in [-0.4, -0.2) is 32.0 Å². The van der Waals surface area contributed by atoms with Gasteiger partial charge in [-0.1, -0.05) is 26.2 Å². The molecule has 29 heavy (non-hydrogen) atoms. The molecule has 0 saturated heterocycles. The maximum absolute atomic E-state index is 12.6. The third-order valence-electron chi connectivity index (χ3n) is 5.75. The van der Waals surface area contributed by atoms with Crippen molar-refractivity contribution in [3.05, 3.63) is 35.7 Å². The van der Waals surface area contributed by atoms with Gasteiger partial charge in [0.05, 0.1) is 18.6 Å². The summed E-state index contributed by atoms with van der Waals surface area (Å²) in [5.74, 6) is 1.41. The highest BCUT2D eigenvalue weighted by atomic mass is 32.2. The largest absolute Gasteiger partial charge is 0.497 e. The Labute approximate surface area is 172 Å². The molecule has 7 heteroatoms. The van der Waals surface area contributed by atoms with E-state index in [0.29, 0.717) is 41.4 Å². The maximum Gasteiger partial charge on any atom is 0.226 e. The first-order valence-corrected chi connectivity index (χ1v) is 11.9. The normalized spacial score (nSPS) is 19.8. The SMILES string of the molecule is COc1ccc(-c2nc(CS(=O)(=O)CC(=O)CC3CCCCC3C)c(C)o2)cc1. The Morgan fingerprint density at radius 2 is 1.90 bits per heavy atom. The number of nitrogens with zero attached hydrogens (tertiary/aromatic N) is 1. The summed E-state index contributed by atoms with van der Waals surface area (Å²) < 4.78 is 36.0. The molecule has 2 atom stereocenters. The molecule has 1 aliphatic carbocycles. The highest BCUT2D eigenvalue weighted by molar-refractivity contribution is 7.91. The molecule has 3 rings (SSSR count). The van der Waals surface area contributed by atoms with Crippen LogP contribution in [0.2, 0.25) is 0 Å². The fourth-order valence-corrected chi connectivity index (χ4v) is 5.37. The molecule has 158 valence electrons. The molecule has 0 spiro atoms. The van der Waals surface area contributed by atoms with Crippen LogP contribution in [0.5, 0.6) is 5.75 Å². The van der Waals surface area contributed by atoms with Crippen LogP contribution in [0.25, 0.3) is 11.5 Å². The first kappa shape index (κ1) is 21.6. The zero-order valence-electron chi connectivity index (χ0n) is 17.3. The number of ether oxygens (including phenoxy) is 1. The van der Waals surface area contributed by atoms with Crippen molar-refractivity contribution in [3.63, 3.8) is 0 Å². The van der Waals surface area contributed by atoms with Gasteiger partial charge in [0.25, 0.3) is 0 Å². The molecule has 0 N–H and O–H groups in total. The molecule has 2 unspecified atom stereocenters. The van der Waals surface area contributed by atoms with Gasteiger partial charge < -0.3 is 9.15 Å². The Bertz CT molecular complexity index is 946. The quantitative estimate of drug-likeness (QED) is 0.632. The number of ketones is 1. The van der Waals surface area contributed by atoms with Crippen LogP contribution in [0.15, 0.2) is 28.7 Å². The highest BCUT2D eigenvalue weighted by Crippen LogP contribution is 2.32. The Kier molecular flexibility index (Phi) is 6.77. The van der Waals surface area contributed by atoms with Crippen molar-refractivity contribution < 1.29 is 22.4 Å². The number of benzene rings is 1. The molecule has 1 aromatic heterocycles. The topological polar surface area (TPSA) is 86.5 Å². The first-order valence-electron chi connectivity index (χ1n) is 10.1. The van der Waals surface area contributed by atoms with Crippen LogP contribution in [0, 0.1) is 18.8 Å². The predicted molar refractivity (Wildman–Crippen MR) is 111 cm³/mol. The van der Waals surface area contributed by atoms with Crippen molar-refractivity contribution in [2.45, 2.75) is 51.7 Å². The molecule has 0 radical (unpaired) electrons. The molecule has 0 amide bonds. The van der Waals surface area contributed by atoms with Crippen molar-refractivity contribution in [1.82, 2.24) is 4.98 Å². The van der Waals surface area contributed by atoms with Gasteiger partial charge in [0.1, 0.15) is 23.0 Å². The number of hydrogen-bond acceptors (Lipinski definition) is 6. The van der Waals surface area contributed by atoms with Crippen LogP contribution in [0.4, 0.5) is 0 Å². The summed E-state index contributed by atoms with van der Waals surface area (Å²) in [6.45, 7) is 3.85. The smallest absolute Gasteiger partial charge is 0.226 e. The van der Waals surface area contributed by atoms with Gasteiger partial charge in [-0.15, -0.1) is 0 Å². The molecule has 1 aromatic carbocycles. The molecule has 1 fully saturated rings. The fourth-order valence-electron chi connectivity index (χ4n) is 3.97. The number of methoxy groups -OCH3 is 1. The lowest BCUT2D eigenvalue weighted by molar-refractivity contribution is -0.118. The molecule has 6 nitrogen and oxygen atoms in total. The van der Waals surface area contributed by atoms with E-state index >= 15 is 0 Å². The second-order valence-electron chi connectivity index (χ2n) is 8.05. The van der Waals surface area contributed by atoms with Crippen molar-refractivity contribution in [2.75, 3.05) is 12.9 Å². The maximum atomic E-state index is 12.6. The minimum Gasteiger partial charge on any atom is -0.497 e. The van der Waals surface area contributed by atoms with Gasteiger partial charge in [-0.25, -0.2) is 13.4 Å². The first-order chi connectivity index (χ1) is 13.8. The second-order valence-corrected chi connectivity index (χ2v) is 10.1. The highest BCUT2D eigenvalue weighted by Gasteiger charge is 2.27. The molecule has 0 bridgehead atoms. The molecule has 0 aliphatic heterocycles. The van der Waals surface area contributed by atoms with E-state index in [-0.39, 0.29) is 11.5 Å². The van der Waals surface area contributed by atoms with Crippen molar-refractivity contribution in [3.8, 4) is 17.2 Å². The Balaban J connectivity index is 1.65. The van der Waals surface area contributed by atoms with Gasteiger partial charge in [0, 0.05) is 12.0 Å². The van der Waals surface area contributed by atoms with E-state index in [1.165, 1.54) is 6.42 Å². The van der Waals surface area contributed by atoms with E-state index in [0.717, 1.165) is 24.8 Å². The van der Waals surface area contributed by atoms with Gasteiger partial charge in [0.15, 0.2) is 9.84 Å². The Hall–Kier alpha value is -2.15. The monoisotopic (exact) mass is 419 g/mol. The zero-order valence-corrected chi connectivity index (χ0v) is 18.1. The van der Waals surface area contributed by atoms with Crippen molar-refractivity contribution in [2.24, 2.45) is 11.8 Å². The Morgan fingerprint density at radius 1 is 1.21 bits per heavy atom. The average molecular weight is 420 g/mol. The third-order valence-corrected chi connectivity index (χ3v) is 7.22. The molecule has 1 heterocycles. The van der Waals surface area contributed by atoms with E-state index < -0.39 is 15.6 Å². The standard InChI is InChI=1S/C22H29NO5S/c1-15-6-4-5-7-18(15)12-19(24)13-29(25,26)14-21-16(2)28-22(23-21)17-8-10-20(27-3)11-9-17/h8-11,15,18H,4-7,12-14H2,1-3H3. The molecule has 2 aromatic rings. The number of Topliss-reactive ketones (excluding diaryl/α,β-unsaturated/α-hetero) is 1. The molecule has 1 aliphatic rings. The van der Waals surface area contributed by atoms with E-state index in [4.69, 9.17) is 9.15 Å². The summed E-state index contributed by atoms with van der Waals surface area (Å²) in [5.41, 5.74) is 1.09. The van der Waals surface area contributed by atoms with Gasteiger partial charge in [-0.3, -0.25) is 4.79 Å². The number of hydrogen-bond donors (Lipinski definition) is 0. The van der Waals surface area contributed by atoms with Crippen LogP contribution >= 0.6 is 0 Å². The van der Waals surface area contributed by atoms with Crippen LogP contribution in [-0.2, 0) is 20.4 Å². The third kappa shape index (κ3) is 5.69. The van der Waals surface area contributed by atoms with E-state index in [2.05, 4.69) is 11.9 Å². The fraction of sp³-hybridized carbons (Fsp3) is 0.545. The van der Waals surface area contributed by atoms with Crippen molar-refractivity contribution in [1.29, 1.82) is 0 Å². The predicted octanol–water partition coefficient (Wildman–Crippen LogP) is 4.36. The number of carbonyl (C=O) groups is 1. The summed E-state index contributed by atoms with van der Waals surface area (Å²) in [5, 5.41) is 0. The zero-order chi connectivity index (χ0) is 21.0. The van der Waals surface area contributed by atoms with E-state index in [1.54, 1.807) is 38.3 Å². The van der Waals surface area contributed by atoms with Gasteiger partial charge in [-0.2, -0.15) is 0 Å². The van der Waals surface area contributed by atoms with Gasteiger partial charge in [-0.05, 0) is 49.4 Å². The average Bonchev–Trinajstić information content (AvgIpc) is 3.03. The number of aromatic nitrogens is 1. The Morgan fingerprint density at radius 3 is 2.55 bits per heavy atom. The summed E-state index contributed by atoms with van der Waals surface area (Å²) in [7, 11) is -2.01. The summed E-state index contributed by atoms with van der Waals surface area (Å²) in [6.07, 6.45) is 4.82. The molecule has 1 saturated carbocycles. The molecular weight excluding hydrogens is 390 g/mol. The minimum absolute atomic E-state index is 0.194. The lowest BCUT2D eigenvalue weighted by atomic mass is 9.78. The van der Waals surface area contributed by atoms with Gasteiger partial charge >= 0.3 is 0 Å². The van der Waals surface area contributed by atoms with Crippen molar-refractivity contribution >= 4 is 15.6 Å². The van der Waals surface area contributed by atoms with Crippen LogP contribution in [0.3, 0.4) is 0 Å². The van der Waals surface area contributed by atoms with Crippen LogP contribution in [0.1, 0.15) is 50.5 Å². The summed E-state index contributed by atoms with van der Waals surface area (Å²) in [4.78, 5) is 16.8. The lowest BCUT2D eigenvalue weighted by Crippen LogP contribution is -2.24. The number of rotatable bonds is 8. The summed E-state index contributed by atoms with van der Waals surface area (Å²) in [6, 6.07) is 7.18. The number of carbonyl (C=O) groups excluding carboxylic acids is 1.